The minimum atomic E-state index is -0.0203. The zero-order chi connectivity index (χ0) is 15.2. The summed E-state index contributed by atoms with van der Waals surface area (Å²) in [7, 11) is 0. The number of amides is 1. The van der Waals surface area contributed by atoms with Crippen molar-refractivity contribution in [1.82, 2.24) is 10.6 Å². The smallest absolute Gasteiger partial charge is 0.219 e. The van der Waals surface area contributed by atoms with Crippen molar-refractivity contribution in [1.29, 1.82) is 0 Å². The van der Waals surface area contributed by atoms with Crippen molar-refractivity contribution >= 4 is 17.5 Å². The summed E-state index contributed by atoms with van der Waals surface area (Å²) < 4.78 is 6.01. The maximum Gasteiger partial charge on any atom is 0.219 e. The fraction of sp³-hybridized carbons (Fsp3) is 0.562. The highest BCUT2D eigenvalue weighted by Crippen LogP contribution is 2.29. The summed E-state index contributed by atoms with van der Waals surface area (Å²) >= 11 is 6.10. The number of halogens is 1. The number of rotatable bonds is 4. The fourth-order valence-corrected chi connectivity index (χ4v) is 2.67. The van der Waals surface area contributed by atoms with Gasteiger partial charge in [-0.1, -0.05) is 30.7 Å². The first kappa shape index (κ1) is 16.3. The molecule has 0 aliphatic carbocycles. The lowest BCUT2D eigenvalue weighted by Gasteiger charge is -2.26. The first-order valence-corrected chi connectivity index (χ1v) is 7.84. The molecular weight excluding hydrogens is 288 g/mol. The molecule has 0 radical (unpaired) electrons. The van der Waals surface area contributed by atoms with Crippen molar-refractivity contribution < 1.29 is 9.53 Å². The van der Waals surface area contributed by atoms with E-state index in [2.05, 4.69) is 16.7 Å². The van der Waals surface area contributed by atoms with Crippen molar-refractivity contribution in [3.05, 3.63) is 34.3 Å². The van der Waals surface area contributed by atoms with Gasteiger partial charge in [0.2, 0.25) is 5.91 Å². The minimum absolute atomic E-state index is 0.0203. The van der Waals surface area contributed by atoms with Crippen molar-refractivity contribution in [2.24, 2.45) is 5.92 Å². The van der Waals surface area contributed by atoms with Crippen LogP contribution in [0.4, 0.5) is 0 Å². The Balaban J connectivity index is 2.14. The molecule has 1 aliphatic heterocycles. The van der Waals surface area contributed by atoms with E-state index in [1.807, 2.05) is 26.0 Å². The molecule has 0 saturated carbocycles. The summed E-state index contributed by atoms with van der Waals surface area (Å²) in [6.07, 6.45) is 0.485. The van der Waals surface area contributed by atoms with Gasteiger partial charge in [0.15, 0.2) is 0 Å². The van der Waals surface area contributed by atoms with E-state index in [0.717, 1.165) is 29.2 Å². The van der Waals surface area contributed by atoms with E-state index in [1.54, 1.807) is 0 Å². The van der Waals surface area contributed by atoms with E-state index in [-0.39, 0.29) is 17.9 Å². The molecule has 2 N–H and O–H groups in total. The summed E-state index contributed by atoms with van der Waals surface area (Å²) in [6, 6.07) is 6.00. The Kier molecular flexibility index (Phi) is 6.03. The van der Waals surface area contributed by atoms with Gasteiger partial charge in [-0.05, 0) is 24.1 Å². The van der Waals surface area contributed by atoms with Crippen molar-refractivity contribution in [3.8, 4) is 0 Å². The van der Waals surface area contributed by atoms with Gasteiger partial charge in [-0.25, -0.2) is 0 Å². The van der Waals surface area contributed by atoms with Crippen LogP contribution in [0.1, 0.15) is 30.6 Å². The molecule has 1 saturated heterocycles. The summed E-state index contributed by atoms with van der Waals surface area (Å²) in [4.78, 5) is 11.5. The Hall–Kier alpha value is -1.10. The first-order chi connectivity index (χ1) is 10.1. The number of benzene rings is 1. The number of hydrogen-bond donors (Lipinski definition) is 2. The van der Waals surface area contributed by atoms with Crippen LogP contribution in [0.3, 0.4) is 0 Å². The quantitative estimate of drug-likeness (QED) is 0.898. The molecular formula is C16H23ClN2O2. The van der Waals surface area contributed by atoms with Gasteiger partial charge in [0.05, 0.1) is 12.7 Å². The molecule has 1 amide bonds. The van der Waals surface area contributed by atoms with E-state index >= 15 is 0 Å². The monoisotopic (exact) mass is 310 g/mol. The summed E-state index contributed by atoms with van der Waals surface area (Å²) in [5.41, 5.74) is 2.17. The topological polar surface area (TPSA) is 50.4 Å². The van der Waals surface area contributed by atoms with Gasteiger partial charge in [0.25, 0.3) is 0 Å². The number of nitrogens with one attached hydrogen (secondary N) is 2. The van der Waals surface area contributed by atoms with Crippen LogP contribution in [0.2, 0.25) is 5.02 Å². The molecule has 2 atom stereocenters. The molecule has 1 fully saturated rings. The lowest BCUT2D eigenvalue weighted by Crippen LogP contribution is -2.36. The number of carbonyl (C=O) groups is 1. The first-order valence-electron chi connectivity index (χ1n) is 7.47. The van der Waals surface area contributed by atoms with E-state index in [1.165, 1.54) is 0 Å². The summed E-state index contributed by atoms with van der Waals surface area (Å²) in [5, 5.41) is 7.10. The van der Waals surface area contributed by atoms with Crippen molar-refractivity contribution in [2.75, 3.05) is 26.2 Å². The van der Waals surface area contributed by atoms with Gasteiger partial charge < -0.3 is 15.4 Å². The van der Waals surface area contributed by atoms with Crippen molar-refractivity contribution in [2.45, 2.75) is 26.4 Å². The average molecular weight is 311 g/mol. The molecule has 4 nitrogen and oxygen atoms in total. The molecule has 2 unspecified atom stereocenters. The van der Waals surface area contributed by atoms with E-state index in [4.69, 9.17) is 16.3 Å². The Morgan fingerprint density at radius 1 is 1.52 bits per heavy atom. The Bertz CT molecular complexity index is 493. The SMILES string of the molecule is CCC(=O)NCC1CNCCOC1c1ccc(Cl)c(C)c1. The number of ether oxygens (including phenoxy) is 1. The lowest BCUT2D eigenvalue weighted by atomic mass is 9.94. The van der Waals surface area contributed by atoms with Gasteiger partial charge in [-0.2, -0.15) is 0 Å². The highest BCUT2D eigenvalue weighted by Gasteiger charge is 2.26. The lowest BCUT2D eigenvalue weighted by molar-refractivity contribution is -0.121. The van der Waals surface area contributed by atoms with E-state index < -0.39 is 0 Å². The maximum absolute atomic E-state index is 11.5. The predicted molar refractivity (Wildman–Crippen MR) is 84.5 cm³/mol. The molecule has 0 bridgehead atoms. The second-order valence-corrected chi connectivity index (χ2v) is 5.83. The zero-order valence-electron chi connectivity index (χ0n) is 12.6. The molecule has 2 rings (SSSR count). The van der Waals surface area contributed by atoms with Gasteiger partial charge in [0.1, 0.15) is 0 Å². The van der Waals surface area contributed by atoms with Crippen LogP contribution in [0.5, 0.6) is 0 Å². The molecule has 1 aromatic carbocycles. The summed E-state index contributed by atoms with van der Waals surface area (Å²) in [5.74, 6) is 0.286. The minimum Gasteiger partial charge on any atom is -0.372 e. The summed E-state index contributed by atoms with van der Waals surface area (Å²) in [6.45, 7) is 6.81. The third-order valence-electron chi connectivity index (χ3n) is 3.80. The van der Waals surface area contributed by atoms with Crippen LogP contribution in [-0.2, 0) is 9.53 Å². The van der Waals surface area contributed by atoms with Crippen molar-refractivity contribution in [3.63, 3.8) is 0 Å². The third-order valence-corrected chi connectivity index (χ3v) is 4.23. The molecule has 1 heterocycles. The largest absolute Gasteiger partial charge is 0.372 e. The number of aryl methyl sites for hydroxylation is 1. The van der Waals surface area contributed by atoms with Crippen LogP contribution in [0, 0.1) is 12.8 Å². The fourth-order valence-electron chi connectivity index (χ4n) is 2.55. The standard InChI is InChI=1S/C16H23ClN2O2/c1-3-15(20)19-10-13-9-18-6-7-21-16(13)12-4-5-14(17)11(2)8-12/h4-5,8,13,16,18H,3,6-7,9-10H2,1-2H3,(H,19,20). The van der Waals surface area contributed by atoms with Crippen LogP contribution in [0.15, 0.2) is 18.2 Å². The Labute approximate surface area is 131 Å². The molecule has 0 aromatic heterocycles. The van der Waals surface area contributed by atoms with Crippen LogP contribution in [0.25, 0.3) is 0 Å². The predicted octanol–water partition coefficient (Wildman–Crippen LogP) is 2.45. The van der Waals surface area contributed by atoms with E-state index in [0.29, 0.717) is 19.6 Å². The second kappa shape index (κ2) is 7.78. The molecule has 116 valence electrons. The number of hydrogen-bond acceptors (Lipinski definition) is 3. The highest BCUT2D eigenvalue weighted by molar-refractivity contribution is 6.31. The molecule has 5 heteroatoms. The normalized spacial score (nSPS) is 22.6. The zero-order valence-corrected chi connectivity index (χ0v) is 13.4. The van der Waals surface area contributed by atoms with Crippen LogP contribution < -0.4 is 10.6 Å². The van der Waals surface area contributed by atoms with Gasteiger partial charge in [-0.15, -0.1) is 0 Å². The Morgan fingerprint density at radius 2 is 2.33 bits per heavy atom. The van der Waals surface area contributed by atoms with Crippen LogP contribution in [-0.4, -0.2) is 32.1 Å². The second-order valence-electron chi connectivity index (χ2n) is 5.42. The molecule has 0 spiro atoms. The molecule has 1 aromatic rings. The Morgan fingerprint density at radius 3 is 3.05 bits per heavy atom. The van der Waals surface area contributed by atoms with Crippen LogP contribution >= 0.6 is 11.6 Å². The van der Waals surface area contributed by atoms with Gasteiger partial charge in [-0.3, -0.25) is 4.79 Å². The highest BCUT2D eigenvalue weighted by atomic mass is 35.5. The average Bonchev–Trinajstić information content (AvgIpc) is 2.73. The van der Waals surface area contributed by atoms with Gasteiger partial charge >= 0.3 is 0 Å². The molecule has 1 aliphatic rings. The van der Waals surface area contributed by atoms with E-state index in [9.17, 15) is 4.79 Å². The number of carbonyl (C=O) groups excluding carboxylic acids is 1. The maximum atomic E-state index is 11.5. The van der Waals surface area contributed by atoms with Gasteiger partial charge in [0, 0.05) is 37.0 Å². The third kappa shape index (κ3) is 4.43. The molecule has 21 heavy (non-hydrogen) atoms.